The van der Waals surface area contributed by atoms with Crippen LogP contribution in [0.15, 0.2) is 45.8 Å². The van der Waals surface area contributed by atoms with E-state index in [0.717, 1.165) is 43.1 Å². The molecule has 1 saturated heterocycles. The van der Waals surface area contributed by atoms with E-state index in [2.05, 4.69) is 26.1 Å². The van der Waals surface area contributed by atoms with E-state index in [1.165, 1.54) is 0 Å². The van der Waals surface area contributed by atoms with Crippen molar-refractivity contribution in [3.05, 3.63) is 58.4 Å². The first-order chi connectivity index (χ1) is 12.7. The minimum Gasteiger partial charge on any atom is -0.356 e. The molecule has 0 aromatic carbocycles. The van der Waals surface area contributed by atoms with Crippen molar-refractivity contribution >= 4 is 5.82 Å². The molecule has 2 aliphatic heterocycles. The highest BCUT2D eigenvalue weighted by molar-refractivity contribution is 5.55. The summed E-state index contributed by atoms with van der Waals surface area (Å²) in [6, 6.07) is 9.58. The minimum atomic E-state index is 0.114. The molecule has 3 aromatic rings. The lowest BCUT2D eigenvalue weighted by atomic mass is 9.83. The predicted octanol–water partition coefficient (Wildman–Crippen LogP) is 2.23. The third kappa shape index (κ3) is 2.51. The van der Waals surface area contributed by atoms with E-state index in [1.807, 2.05) is 22.8 Å². The molecule has 5 rings (SSSR count). The zero-order valence-electron chi connectivity index (χ0n) is 14.5. The number of hydrogen-bond acceptors (Lipinski definition) is 6. The minimum absolute atomic E-state index is 0.114. The molecule has 2 aliphatic rings. The maximum absolute atomic E-state index is 12.1. The number of nitrogens with zero attached hydrogens (tertiary/aromatic N) is 5. The summed E-state index contributed by atoms with van der Waals surface area (Å²) in [7, 11) is 0. The maximum atomic E-state index is 12.1. The summed E-state index contributed by atoms with van der Waals surface area (Å²) in [6.07, 6.45) is 2.92. The molecule has 2 bridgehead atoms. The van der Waals surface area contributed by atoms with Crippen LogP contribution >= 0.6 is 0 Å². The lowest BCUT2D eigenvalue weighted by Crippen LogP contribution is -2.47. The van der Waals surface area contributed by atoms with Crippen LogP contribution in [0.4, 0.5) is 5.82 Å². The molecule has 5 heterocycles. The average Bonchev–Trinajstić information content (AvgIpc) is 3.09. The summed E-state index contributed by atoms with van der Waals surface area (Å²) in [5.74, 6) is 2.90. The lowest BCUT2D eigenvalue weighted by Gasteiger charge is -2.43. The van der Waals surface area contributed by atoms with Crippen LogP contribution in [0.25, 0.3) is 11.5 Å². The van der Waals surface area contributed by atoms with Crippen LogP contribution in [0.3, 0.4) is 0 Å². The Morgan fingerprint density at radius 1 is 1.15 bits per heavy atom. The Morgan fingerprint density at radius 2 is 2.08 bits per heavy atom. The largest absolute Gasteiger partial charge is 0.356 e. The fourth-order valence-electron chi connectivity index (χ4n) is 4.20. The van der Waals surface area contributed by atoms with Crippen LogP contribution in [0.2, 0.25) is 0 Å². The van der Waals surface area contributed by atoms with E-state index in [4.69, 9.17) is 4.52 Å². The third-order valence-corrected chi connectivity index (χ3v) is 5.33. The third-order valence-electron chi connectivity index (χ3n) is 5.33. The Hall–Kier alpha value is -2.96. The molecule has 132 valence electrons. The van der Waals surface area contributed by atoms with Gasteiger partial charge < -0.3 is 14.0 Å². The van der Waals surface area contributed by atoms with Gasteiger partial charge in [0.1, 0.15) is 5.82 Å². The highest BCUT2D eigenvalue weighted by atomic mass is 16.5. The Labute approximate surface area is 150 Å². The Kier molecular flexibility index (Phi) is 3.41. The van der Waals surface area contributed by atoms with Gasteiger partial charge in [-0.3, -0.25) is 4.79 Å². The highest BCUT2D eigenvalue weighted by Crippen LogP contribution is 2.36. The Balaban J connectivity index is 1.41. The van der Waals surface area contributed by atoms with Crippen molar-refractivity contribution in [3.63, 3.8) is 0 Å². The van der Waals surface area contributed by atoms with Crippen LogP contribution in [0.5, 0.6) is 0 Å². The van der Waals surface area contributed by atoms with E-state index in [9.17, 15) is 4.79 Å². The number of anilines is 1. The maximum Gasteiger partial charge on any atom is 0.259 e. The second-order valence-electron chi connectivity index (χ2n) is 7.15. The van der Waals surface area contributed by atoms with Crippen LogP contribution in [0, 0.1) is 12.8 Å². The van der Waals surface area contributed by atoms with Gasteiger partial charge in [-0.2, -0.15) is 4.98 Å². The molecular formula is C19H19N5O2. The number of pyridine rings is 2. The number of aromatic nitrogens is 4. The van der Waals surface area contributed by atoms with Crippen molar-refractivity contribution in [3.8, 4) is 11.5 Å². The van der Waals surface area contributed by atoms with Crippen molar-refractivity contribution in [2.24, 2.45) is 5.92 Å². The van der Waals surface area contributed by atoms with Gasteiger partial charge in [-0.05, 0) is 37.5 Å². The number of aryl methyl sites for hydroxylation is 1. The fraction of sp³-hybridized carbons (Fsp3) is 0.368. The molecule has 0 radical (unpaired) electrons. The molecule has 0 aliphatic carbocycles. The van der Waals surface area contributed by atoms with E-state index < -0.39 is 0 Å². The van der Waals surface area contributed by atoms with Crippen molar-refractivity contribution in [2.75, 3.05) is 18.0 Å². The molecule has 0 saturated carbocycles. The highest BCUT2D eigenvalue weighted by Gasteiger charge is 2.34. The average molecular weight is 349 g/mol. The molecule has 7 heteroatoms. The van der Waals surface area contributed by atoms with Gasteiger partial charge in [0.25, 0.3) is 11.4 Å². The van der Waals surface area contributed by atoms with Crippen LogP contribution < -0.4 is 10.5 Å². The topological polar surface area (TPSA) is 77.0 Å². The summed E-state index contributed by atoms with van der Waals surface area (Å²) in [4.78, 5) is 23.3. The van der Waals surface area contributed by atoms with E-state index in [-0.39, 0.29) is 5.56 Å². The van der Waals surface area contributed by atoms with Crippen LogP contribution in [-0.4, -0.2) is 32.8 Å². The van der Waals surface area contributed by atoms with Crippen molar-refractivity contribution in [2.45, 2.75) is 25.8 Å². The first-order valence-electron chi connectivity index (χ1n) is 8.89. The molecule has 2 unspecified atom stereocenters. The monoisotopic (exact) mass is 349 g/mol. The summed E-state index contributed by atoms with van der Waals surface area (Å²) in [6.45, 7) is 4.39. The summed E-state index contributed by atoms with van der Waals surface area (Å²) in [5.41, 5.74) is 2.09. The van der Waals surface area contributed by atoms with Gasteiger partial charge in [0.05, 0.1) is 5.56 Å². The normalized spacial score (nSPS) is 21.5. The first-order valence-corrected chi connectivity index (χ1v) is 8.89. The van der Waals surface area contributed by atoms with Gasteiger partial charge in [-0.15, -0.1) is 0 Å². The molecule has 1 fully saturated rings. The molecule has 26 heavy (non-hydrogen) atoms. The summed E-state index contributed by atoms with van der Waals surface area (Å²) >= 11 is 0. The quantitative estimate of drug-likeness (QED) is 0.706. The predicted molar refractivity (Wildman–Crippen MR) is 96.0 cm³/mol. The molecule has 2 atom stereocenters. The molecule has 3 aromatic heterocycles. The molecule has 7 nitrogen and oxygen atoms in total. The second kappa shape index (κ2) is 5.79. The van der Waals surface area contributed by atoms with Gasteiger partial charge in [0.15, 0.2) is 5.82 Å². The lowest BCUT2D eigenvalue weighted by molar-refractivity contribution is 0.280. The fourth-order valence-corrected chi connectivity index (χ4v) is 4.20. The number of rotatable bonds is 2. The standard InChI is InChI=1S/C19H19N5O2/c1-12-21-19(26-22-12)14-5-6-17(20-8-14)23-9-13-7-15(11-23)16-3-2-4-18(25)24(16)10-13/h2-6,8,13,15H,7,9-11H2,1H3. The van der Waals surface area contributed by atoms with Gasteiger partial charge >= 0.3 is 0 Å². The van der Waals surface area contributed by atoms with Gasteiger partial charge in [-0.25, -0.2) is 4.98 Å². The Bertz CT molecular complexity index is 1010. The number of piperidine rings is 1. The van der Waals surface area contributed by atoms with Crippen molar-refractivity contribution < 1.29 is 4.52 Å². The number of hydrogen-bond donors (Lipinski definition) is 0. The number of fused-ring (bicyclic) bond motifs is 4. The van der Waals surface area contributed by atoms with Crippen LogP contribution in [0.1, 0.15) is 23.9 Å². The van der Waals surface area contributed by atoms with Crippen LogP contribution in [-0.2, 0) is 6.54 Å². The Morgan fingerprint density at radius 3 is 2.85 bits per heavy atom. The summed E-state index contributed by atoms with van der Waals surface area (Å²) in [5, 5.41) is 3.82. The molecule has 0 N–H and O–H groups in total. The van der Waals surface area contributed by atoms with Gasteiger partial charge in [0, 0.05) is 43.5 Å². The molecule has 0 spiro atoms. The van der Waals surface area contributed by atoms with Crippen molar-refractivity contribution in [1.29, 1.82) is 0 Å². The van der Waals surface area contributed by atoms with Gasteiger partial charge in [-0.1, -0.05) is 11.2 Å². The van der Waals surface area contributed by atoms with E-state index >= 15 is 0 Å². The summed E-state index contributed by atoms with van der Waals surface area (Å²) < 4.78 is 7.15. The zero-order chi connectivity index (χ0) is 17.7. The smallest absolute Gasteiger partial charge is 0.259 e. The van der Waals surface area contributed by atoms with Gasteiger partial charge in [0.2, 0.25) is 0 Å². The van der Waals surface area contributed by atoms with E-state index in [1.54, 1.807) is 19.2 Å². The second-order valence-corrected chi connectivity index (χ2v) is 7.15. The molecule has 0 amide bonds. The van der Waals surface area contributed by atoms with E-state index in [0.29, 0.717) is 23.6 Å². The zero-order valence-corrected chi connectivity index (χ0v) is 14.5. The molecular weight excluding hydrogens is 330 g/mol. The van der Waals surface area contributed by atoms with Crippen molar-refractivity contribution in [1.82, 2.24) is 19.7 Å². The first kappa shape index (κ1) is 15.3. The SMILES string of the molecule is Cc1noc(-c2ccc(N3CC4CC(C3)c3cccc(=O)n3C4)nc2)n1.